The van der Waals surface area contributed by atoms with Gasteiger partial charge < -0.3 is 5.11 Å². The van der Waals surface area contributed by atoms with Crippen LogP contribution in [0, 0.1) is 0 Å². The SMILES string of the molecule is CC/C(O)=C(C)/N=C(\C)S. The van der Waals surface area contributed by atoms with E-state index in [-0.39, 0.29) is 0 Å². The Morgan fingerprint density at radius 1 is 1.50 bits per heavy atom. The molecule has 0 aliphatic carbocycles. The first kappa shape index (κ1) is 9.56. The number of aliphatic hydroxyl groups is 1. The summed E-state index contributed by atoms with van der Waals surface area (Å²) in [6.07, 6.45) is 0.621. The van der Waals surface area contributed by atoms with Gasteiger partial charge in [0.2, 0.25) is 0 Å². The van der Waals surface area contributed by atoms with Gasteiger partial charge in [0, 0.05) is 6.42 Å². The zero-order chi connectivity index (χ0) is 8.15. The lowest BCUT2D eigenvalue weighted by atomic mass is 10.3. The fraction of sp³-hybridized carbons (Fsp3) is 0.571. The van der Waals surface area contributed by atoms with Crippen molar-refractivity contribution < 1.29 is 5.11 Å². The minimum atomic E-state index is 0.327. The minimum Gasteiger partial charge on any atom is -0.510 e. The normalized spacial score (nSPS) is 15.0. The highest BCUT2D eigenvalue weighted by Gasteiger charge is 1.93. The molecule has 58 valence electrons. The molecule has 0 amide bonds. The standard InChI is InChI=1S/C7H13NOS/c1-4-7(9)5(2)8-6(3)10/h9H,4H2,1-3H3,(H,8,10)/b7-5-. The average molecular weight is 159 g/mol. The summed E-state index contributed by atoms with van der Waals surface area (Å²) in [5.41, 5.74) is 0.648. The molecule has 0 atom stereocenters. The van der Waals surface area contributed by atoms with Gasteiger partial charge in [-0.1, -0.05) is 6.92 Å². The summed E-state index contributed by atoms with van der Waals surface area (Å²) in [5, 5.41) is 9.78. The van der Waals surface area contributed by atoms with E-state index < -0.39 is 0 Å². The van der Waals surface area contributed by atoms with Crippen LogP contribution in [-0.4, -0.2) is 10.2 Å². The third kappa shape index (κ3) is 3.56. The van der Waals surface area contributed by atoms with Gasteiger partial charge in [0.15, 0.2) is 0 Å². The molecule has 0 aliphatic heterocycles. The highest BCUT2D eigenvalue weighted by atomic mass is 32.1. The van der Waals surface area contributed by atoms with E-state index in [0.29, 0.717) is 22.9 Å². The van der Waals surface area contributed by atoms with Gasteiger partial charge in [-0.3, -0.25) is 0 Å². The van der Waals surface area contributed by atoms with E-state index in [1.165, 1.54) is 0 Å². The number of thiol groups is 1. The second-order valence-electron chi connectivity index (χ2n) is 2.04. The van der Waals surface area contributed by atoms with Crippen molar-refractivity contribution in [1.29, 1.82) is 0 Å². The van der Waals surface area contributed by atoms with Crippen LogP contribution in [0.2, 0.25) is 0 Å². The Bertz CT molecular complexity index is 168. The van der Waals surface area contributed by atoms with Crippen LogP contribution >= 0.6 is 12.6 Å². The smallest absolute Gasteiger partial charge is 0.113 e. The summed E-state index contributed by atoms with van der Waals surface area (Å²) >= 11 is 3.98. The van der Waals surface area contributed by atoms with Gasteiger partial charge in [-0.05, 0) is 13.8 Å². The monoisotopic (exact) mass is 159 g/mol. The predicted octanol–water partition coefficient (Wildman–Crippen LogP) is 2.53. The first-order valence-corrected chi connectivity index (χ1v) is 3.65. The Labute approximate surface area is 67.1 Å². The van der Waals surface area contributed by atoms with Crippen molar-refractivity contribution in [2.24, 2.45) is 4.99 Å². The number of aliphatic imine (C=N–C) groups is 1. The molecule has 1 N–H and O–H groups in total. The molecule has 0 fully saturated rings. The molecule has 0 spiro atoms. The van der Waals surface area contributed by atoms with Crippen molar-refractivity contribution >= 4 is 17.7 Å². The summed E-state index contributed by atoms with van der Waals surface area (Å²) in [6, 6.07) is 0. The molecular formula is C7H13NOS. The van der Waals surface area contributed by atoms with Gasteiger partial charge in [-0.15, -0.1) is 12.6 Å². The molecule has 0 radical (unpaired) electrons. The van der Waals surface area contributed by atoms with Gasteiger partial charge in [-0.2, -0.15) is 0 Å². The summed E-state index contributed by atoms with van der Waals surface area (Å²) < 4.78 is 0. The number of rotatable bonds is 2. The molecule has 3 heteroatoms. The first-order chi connectivity index (χ1) is 4.57. The largest absolute Gasteiger partial charge is 0.510 e. The number of hydrogen-bond donors (Lipinski definition) is 2. The van der Waals surface area contributed by atoms with Crippen molar-refractivity contribution in [3.05, 3.63) is 11.5 Å². The average Bonchev–Trinajstić information content (AvgIpc) is 1.85. The van der Waals surface area contributed by atoms with E-state index >= 15 is 0 Å². The fourth-order valence-corrected chi connectivity index (χ4v) is 0.713. The fourth-order valence-electron chi connectivity index (χ4n) is 0.563. The highest BCUT2D eigenvalue weighted by Crippen LogP contribution is 2.06. The Kier molecular flexibility index (Phi) is 4.19. The van der Waals surface area contributed by atoms with Gasteiger partial charge in [0.1, 0.15) is 5.76 Å². The van der Waals surface area contributed by atoms with Gasteiger partial charge in [-0.25, -0.2) is 4.99 Å². The van der Waals surface area contributed by atoms with E-state index in [2.05, 4.69) is 17.6 Å². The summed E-state index contributed by atoms with van der Waals surface area (Å²) in [4.78, 5) is 3.96. The molecule has 0 heterocycles. The maximum Gasteiger partial charge on any atom is 0.113 e. The summed E-state index contributed by atoms with van der Waals surface area (Å²) in [7, 11) is 0. The lowest BCUT2D eigenvalue weighted by Gasteiger charge is -1.97. The molecule has 0 aromatic heterocycles. The van der Waals surface area contributed by atoms with Crippen LogP contribution in [0.4, 0.5) is 0 Å². The van der Waals surface area contributed by atoms with Crippen LogP contribution < -0.4 is 0 Å². The van der Waals surface area contributed by atoms with Crippen molar-refractivity contribution in [1.82, 2.24) is 0 Å². The number of hydrogen-bond acceptors (Lipinski definition) is 2. The Morgan fingerprint density at radius 3 is 2.30 bits per heavy atom. The van der Waals surface area contributed by atoms with Crippen LogP contribution in [0.25, 0.3) is 0 Å². The van der Waals surface area contributed by atoms with E-state index in [9.17, 15) is 0 Å². The van der Waals surface area contributed by atoms with E-state index in [1.807, 2.05) is 6.92 Å². The zero-order valence-corrected chi connectivity index (χ0v) is 7.44. The van der Waals surface area contributed by atoms with Gasteiger partial charge in [0.05, 0.1) is 10.7 Å². The van der Waals surface area contributed by atoms with Gasteiger partial charge in [0.25, 0.3) is 0 Å². The third-order valence-electron chi connectivity index (χ3n) is 1.08. The van der Waals surface area contributed by atoms with Crippen molar-refractivity contribution in [2.45, 2.75) is 27.2 Å². The molecule has 0 aliphatic rings. The van der Waals surface area contributed by atoms with Crippen LogP contribution in [0.15, 0.2) is 16.4 Å². The Hall–Kier alpha value is -0.440. The molecular weight excluding hydrogens is 146 g/mol. The quantitative estimate of drug-likeness (QED) is 0.276. The summed E-state index contributed by atoms with van der Waals surface area (Å²) in [5.74, 6) is 0.327. The molecule has 0 aromatic carbocycles. The number of nitrogens with zero attached hydrogens (tertiary/aromatic N) is 1. The van der Waals surface area contributed by atoms with Crippen LogP contribution in [0.1, 0.15) is 27.2 Å². The third-order valence-corrected chi connectivity index (χ3v) is 1.18. The molecule has 0 unspecified atom stereocenters. The molecule has 10 heavy (non-hydrogen) atoms. The number of aliphatic hydroxyl groups excluding tert-OH is 1. The summed E-state index contributed by atoms with van der Waals surface area (Å²) in [6.45, 7) is 5.41. The van der Waals surface area contributed by atoms with Crippen molar-refractivity contribution in [2.75, 3.05) is 0 Å². The molecule has 0 rings (SSSR count). The Balaban J connectivity index is 4.33. The zero-order valence-electron chi connectivity index (χ0n) is 6.55. The lowest BCUT2D eigenvalue weighted by molar-refractivity contribution is 0.386. The van der Waals surface area contributed by atoms with Gasteiger partial charge >= 0.3 is 0 Å². The topological polar surface area (TPSA) is 32.6 Å². The van der Waals surface area contributed by atoms with E-state index in [4.69, 9.17) is 5.11 Å². The first-order valence-electron chi connectivity index (χ1n) is 3.21. The molecule has 0 aromatic rings. The highest BCUT2D eigenvalue weighted by molar-refractivity contribution is 7.96. The van der Waals surface area contributed by atoms with Crippen LogP contribution in [-0.2, 0) is 0 Å². The molecule has 0 bridgehead atoms. The van der Waals surface area contributed by atoms with Crippen LogP contribution in [0.3, 0.4) is 0 Å². The predicted molar refractivity (Wildman–Crippen MR) is 47.7 cm³/mol. The maximum atomic E-state index is 9.11. The second-order valence-corrected chi connectivity index (χ2v) is 2.69. The van der Waals surface area contributed by atoms with E-state index in [0.717, 1.165) is 0 Å². The van der Waals surface area contributed by atoms with E-state index in [1.54, 1.807) is 13.8 Å². The maximum absolute atomic E-state index is 9.11. The lowest BCUT2D eigenvalue weighted by Crippen LogP contribution is -1.85. The second kappa shape index (κ2) is 4.39. The molecule has 2 nitrogen and oxygen atoms in total. The number of allylic oxidation sites excluding steroid dienone is 2. The van der Waals surface area contributed by atoms with Crippen LogP contribution in [0.5, 0.6) is 0 Å². The minimum absolute atomic E-state index is 0.327. The van der Waals surface area contributed by atoms with Crippen molar-refractivity contribution in [3.63, 3.8) is 0 Å². The molecule has 0 saturated carbocycles. The Morgan fingerprint density at radius 2 is 2.00 bits per heavy atom. The molecule has 0 saturated heterocycles. The van der Waals surface area contributed by atoms with Crippen molar-refractivity contribution in [3.8, 4) is 0 Å².